The number of H-pyrrole nitrogens is 1. The lowest BCUT2D eigenvalue weighted by atomic mass is 9.98. The molecule has 2 aliphatic rings. The van der Waals surface area contributed by atoms with Crippen molar-refractivity contribution in [2.45, 2.75) is 25.8 Å². The van der Waals surface area contributed by atoms with E-state index in [4.69, 9.17) is 0 Å². The number of likely N-dealkylation sites (tertiary alicyclic amines) is 1. The maximum absolute atomic E-state index is 14.4. The number of aromatic nitrogens is 1. The predicted octanol–water partition coefficient (Wildman–Crippen LogP) is 3.68. The van der Waals surface area contributed by atoms with Gasteiger partial charge in [0.15, 0.2) is 11.6 Å². The van der Waals surface area contributed by atoms with Crippen molar-refractivity contribution in [2.75, 3.05) is 6.54 Å². The molecule has 5 rings (SSSR count). The molecule has 0 radical (unpaired) electrons. The van der Waals surface area contributed by atoms with Crippen LogP contribution in [0.15, 0.2) is 47.3 Å². The number of amides is 1. The number of aryl methyl sites for hydroxylation is 1. The predicted molar refractivity (Wildman–Crippen MR) is 113 cm³/mol. The van der Waals surface area contributed by atoms with Gasteiger partial charge >= 0.3 is 0 Å². The monoisotopic (exact) mass is 422 g/mol. The molecule has 0 saturated carbocycles. The molecule has 2 atom stereocenters. The van der Waals surface area contributed by atoms with Crippen LogP contribution in [0.3, 0.4) is 0 Å². The van der Waals surface area contributed by atoms with Crippen LogP contribution >= 0.6 is 0 Å². The number of hydrogen-bond donors (Lipinski definition) is 2. The number of pyridine rings is 1. The number of hydrogen-bond acceptors (Lipinski definition) is 3. The van der Waals surface area contributed by atoms with Gasteiger partial charge in [0.2, 0.25) is 5.91 Å². The fraction of sp³-hybridized carbons (Fsp3) is 0.250. The van der Waals surface area contributed by atoms with E-state index in [9.17, 15) is 23.5 Å². The fourth-order valence-corrected chi connectivity index (χ4v) is 4.87. The first-order chi connectivity index (χ1) is 14.8. The summed E-state index contributed by atoms with van der Waals surface area (Å²) in [4.78, 5) is 30.1. The van der Waals surface area contributed by atoms with Gasteiger partial charge in [-0.3, -0.25) is 9.59 Å². The van der Waals surface area contributed by atoms with Crippen LogP contribution in [-0.2, 0) is 11.2 Å². The standard InChI is InChI=1S/C24H20F2N2O3/c1-12-16(24(31)27-19-7-6-18(25)23(26)22(12)19)10-21(30)28-11-13-8-17(20(28)9-13)14-2-4-15(29)5-3-14/h2-8,13,20,29H,9-11H2,1H3,(H,27,31)/t13-,20-/m1/s1. The Kier molecular flexibility index (Phi) is 4.43. The van der Waals surface area contributed by atoms with Crippen molar-refractivity contribution in [3.8, 4) is 5.75 Å². The Morgan fingerprint density at radius 2 is 1.94 bits per heavy atom. The van der Waals surface area contributed by atoms with E-state index in [1.54, 1.807) is 24.0 Å². The number of carbonyl (C=O) groups is 1. The molecule has 2 heterocycles. The van der Waals surface area contributed by atoms with Gasteiger partial charge in [-0.25, -0.2) is 8.78 Å². The van der Waals surface area contributed by atoms with Crippen LogP contribution in [0.1, 0.15) is 23.1 Å². The zero-order valence-corrected chi connectivity index (χ0v) is 16.8. The zero-order valence-electron chi connectivity index (χ0n) is 16.8. The summed E-state index contributed by atoms with van der Waals surface area (Å²) >= 11 is 0. The number of carbonyl (C=O) groups excluding carboxylic acids is 1. The second kappa shape index (κ2) is 7.04. The number of phenolic OH excluding ortho intramolecular Hbond substituents is 1. The molecule has 1 aliphatic carbocycles. The molecular formula is C24H20F2N2O3. The molecule has 2 bridgehead atoms. The lowest BCUT2D eigenvalue weighted by Gasteiger charge is -2.29. The first-order valence-corrected chi connectivity index (χ1v) is 10.1. The molecule has 1 amide bonds. The minimum Gasteiger partial charge on any atom is -0.508 e. The Morgan fingerprint density at radius 3 is 2.65 bits per heavy atom. The molecule has 158 valence electrons. The van der Waals surface area contributed by atoms with Crippen LogP contribution in [0.5, 0.6) is 5.75 Å². The third-order valence-corrected chi connectivity index (χ3v) is 6.40. The topological polar surface area (TPSA) is 73.4 Å². The highest BCUT2D eigenvalue weighted by Crippen LogP contribution is 2.42. The quantitative estimate of drug-likeness (QED) is 0.676. The van der Waals surface area contributed by atoms with Gasteiger partial charge in [-0.15, -0.1) is 0 Å². The van der Waals surface area contributed by atoms with Crippen molar-refractivity contribution in [2.24, 2.45) is 5.92 Å². The minimum atomic E-state index is -1.03. The van der Waals surface area contributed by atoms with E-state index in [1.807, 2.05) is 12.1 Å². The largest absolute Gasteiger partial charge is 0.508 e. The molecule has 1 fully saturated rings. The number of nitrogens with zero attached hydrogens (tertiary/aromatic N) is 1. The van der Waals surface area contributed by atoms with Crippen molar-refractivity contribution < 1.29 is 18.7 Å². The molecule has 2 N–H and O–H groups in total. The number of aromatic hydroxyl groups is 1. The summed E-state index contributed by atoms with van der Waals surface area (Å²) in [7, 11) is 0. The third kappa shape index (κ3) is 3.12. The first kappa shape index (κ1) is 19.5. The molecule has 7 heteroatoms. The zero-order chi connectivity index (χ0) is 21.9. The molecule has 1 aliphatic heterocycles. The van der Waals surface area contributed by atoms with Crippen molar-refractivity contribution in [1.29, 1.82) is 0 Å². The van der Waals surface area contributed by atoms with E-state index in [0.717, 1.165) is 23.6 Å². The summed E-state index contributed by atoms with van der Waals surface area (Å²) in [5, 5.41) is 9.53. The van der Waals surface area contributed by atoms with Crippen LogP contribution in [0.25, 0.3) is 16.5 Å². The van der Waals surface area contributed by atoms with Gasteiger partial charge in [0.1, 0.15) is 5.75 Å². The number of aromatic amines is 1. The van der Waals surface area contributed by atoms with Crippen LogP contribution in [0.4, 0.5) is 8.78 Å². The Morgan fingerprint density at radius 1 is 1.19 bits per heavy atom. The number of benzene rings is 2. The first-order valence-electron chi connectivity index (χ1n) is 10.1. The van der Waals surface area contributed by atoms with E-state index < -0.39 is 17.2 Å². The van der Waals surface area contributed by atoms with E-state index in [2.05, 4.69) is 11.1 Å². The lowest BCUT2D eigenvalue weighted by Crippen LogP contribution is -2.39. The van der Waals surface area contributed by atoms with E-state index in [-0.39, 0.29) is 52.1 Å². The number of phenols is 1. The van der Waals surface area contributed by atoms with Crippen LogP contribution in [0, 0.1) is 24.5 Å². The van der Waals surface area contributed by atoms with Gasteiger partial charge in [-0.1, -0.05) is 18.2 Å². The molecule has 0 unspecified atom stereocenters. The molecule has 1 aromatic heterocycles. The highest BCUT2D eigenvalue weighted by molar-refractivity contribution is 5.88. The molecule has 5 nitrogen and oxygen atoms in total. The smallest absolute Gasteiger partial charge is 0.252 e. The maximum Gasteiger partial charge on any atom is 0.252 e. The van der Waals surface area contributed by atoms with Gasteiger partial charge in [-0.2, -0.15) is 0 Å². The minimum absolute atomic E-state index is 0.00461. The number of nitrogens with one attached hydrogen (secondary N) is 1. The summed E-state index contributed by atoms with van der Waals surface area (Å²) in [5.74, 6) is -1.84. The molecular weight excluding hydrogens is 402 g/mol. The van der Waals surface area contributed by atoms with Crippen molar-refractivity contribution in [3.63, 3.8) is 0 Å². The average molecular weight is 422 g/mol. The normalized spacial score (nSPS) is 19.8. The molecule has 1 saturated heterocycles. The van der Waals surface area contributed by atoms with Gasteiger partial charge in [0.05, 0.1) is 18.0 Å². The van der Waals surface area contributed by atoms with Crippen molar-refractivity contribution >= 4 is 22.4 Å². The highest BCUT2D eigenvalue weighted by atomic mass is 19.2. The highest BCUT2D eigenvalue weighted by Gasteiger charge is 2.42. The number of halogens is 2. The number of fused-ring (bicyclic) bond motifs is 3. The summed E-state index contributed by atoms with van der Waals surface area (Å²) in [5.41, 5.74) is 2.14. The summed E-state index contributed by atoms with van der Waals surface area (Å²) in [6.07, 6.45) is 2.79. The summed E-state index contributed by atoms with van der Waals surface area (Å²) in [6, 6.07) is 9.05. The van der Waals surface area contributed by atoms with E-state index in [1.165, 1.54) is 6.07 Å². The summed E-state index contributed by atoms with van der Waals surface area (Å²) in [6.45, 7) is 2.11. The maximum atomic E-state index is 14.4. The molecule has 0 spiro atoms. The Balaban J connectivity index is 1.45. The molecule has 3 aromatic rings. The Labute approximate surface area is 176 Å². The van der Waals surface area contributed by atoms with E-state index in [0.29, 0.717) is 6.54 Å². The lowest BCUT2D eigenvalue weighted by molar-refractivity contribution is -0.130. The number of rotatable bonds is 3. The third-order valence-electron chi connectivity index (χ3n) is 6.40. The summed E-state index contributed by atoms with van der Waals surface area (Å²) < 4.78 is 28.1. The SMILES string of the molecule is Cc1c(CC(=O)N2C[C@@H]3C=C(c4ccc(O)cc4)[C@H]2C3)c(=O)[nH]c2ccc(F)c(F)c12. The fourth-order valence-electron chi connectivity index (χ4n) is 4.87. The van der Waals surface area contributed by atoms with Gasteiger partial charge in [0, 0.05) is 17.5 Å². The van der Waals surface area contributed by atoms with Gasteiger partial charge < -0.3 is 15.0 Å². The van der Waals surface area contributed by atoms with Gasteiger partial charge in [-0.05, 0) is 60.2 Å². The Hall–Kier alpha value is -3.48. The second-order valence-corrected chi connectivity index (χ2v) is 8.24. The van der Waals surface area contributed by atoms with Crippen LogP contribution in [0.2, 0.25) is 0 Å². The second-order valence-electron chi connectivity index (χ2n) is 8.24. The Bertz CT molecular complexity index is 1310. The van der Waals surface area contributed by atoms with Crippen molar-refractivity contribution in [1.82, 2.24) is 9.88 Å². The average Bonchev–Trinajstić information content (AvgIpc) is 3.35. The van der Waals surface area contributed by atoms with E-state index >= 15 is 0 Å². The molecule has 2 aromatic carbocycles. The van der Waals surface area contributed by atoms with Gasteiger partial charge in [0.25, 0.3) is 5.56 Å². The van der Waals surface area contributed by atoms with Crippen LogP contribution < -0.4 is 5.56 Å². The van der Waals surface area contributed by atoms with Crippen LogP contribution in [-0.4, -0.2) is 33.5 Å². The molecule has 31 heavy (non-hydrogen) atoms. The van der Waals surface area contributed by atoms with Crippen molar-refractivity contribution in [3.05, 3.63) is 81.2 Å².